The molecule has 1 aromatic carbocycles. The predicted molar refractivity (Wildman–Crippen MR) is 112 cm³/mol. The summed E-state index contributed by atoms with van der Waals surface area (Å²) in [7, 11) is 0. The van der Waals surface area contributed by atoms with Crippen LogP contribution in [0.3, 0.4) is 0 Å². The van der Waals surface area contributed by atoms with Gasteiger partial charge in [-0.3, -0.25) is 19.6 Å². The highest BCUT2D eigenvalue weighted by Crippen LogP contribution is 2.40. The highest BCUT2D eigenvalue weighted by atomic mass is 16.7. The van der Waals surface area contributed by atoms with Crippen molar-refractivity contribution >= 4 is 5.91 Å². The van der Waals surface area contributed by atoms with Gasteiger partial charge in [0.2, 0.25) is 6.79 Å². The maximum Gasteiger partial charge on any atom is 0.255 e. The number of nitrogens with zero attached hydrogens (tertiary/aromatic N) is 4. The van der Waals surface area contributed by atoms with Crippen LogP contribution >= 0.6 is 0 Å². The summed E-state index contributed by atoms with van der Waals surface area (Å²) in [6.07, 6.45) is 3.72. The van der Waals surface area contributed by atoms with Gasteiger partial charge in [0.15, 0.2) is 11.5 Å². The summed E-state index contributed by atoms with van der Waals surface area (Å²) < 4.78 is 10.9. The van der Waals surface area contributed by atoms with Crippen molar-refractivity contribution in [2.75, 3.05) is 39.5 Å². The molecule has 2 aromatic rings. The molecule has 0 radical (unpaired) electrons. The third kappa shape index (κ3) is 3.26. The van der Waals surface area contributed by atoms with Crippen LogP contribution < -0.4 is 9.47 Å². The van der Waals surface area contributed by atoms with E-state index >= 15 is 0 Å². The number of carbonyl (C=O) groups is 1. The van der Waals surface area contributed by atoms with Crippen molar-refractivity contribution in [2.24, 2.45) is 0 Å². The van der Waals surface area contributed by atoms with Crippen molar-refractivity contribution in [2.45, 2.75) is 30.7 Å². The van der Waals surface area contributed by atoms with Crippen molar-refractivity contribution in [1.82, 2.24) is 19.7 Å². The van der Waals surface area contributed by atoms with Crippen LogP contribution in [-0.4, -0.2) is 87.9 Å². The molecule has 3 saturated heterocycles. The van der Waals surface area contributed by atoms with E-state index in [1.807, 2.05) is 17.0 Å². The Kier molecular flexibility index (Phi) is 4.41. The van der Waals surface area contributed by atoms with E-state index in [-0.39, 0.29) is 30.4 Å². The number of fused-ring (bicyclic) bond motifs is 3. The van der Waals surface area contributed by atoms with Crippen LogP contribution in [0.15, 0.2) is 42.7 Å². The topological polar surface area (TPSA) is 78.4 Å². The van der Waals surface area contributed by atoms with Crippen LogP contribution in [0.25, 0.3) is 0 Å². The Hall–Kier alpha value is -2.68. The Morgan fingerprint density at radius 1 is 1.16 bits per heavy atom. The number of rotatable bonds is 3. The molecule has 0 bridgehead atoms. The van der Waals surface area contributed by atoms with Crippen LogP contribution in [-0.2, 0) is 6.54 Å². The van der Waals surface area contributed by atoms with Gasteiger partial charge >= 0.3 is 0 Å². The molecule has 4 aliphatic rings. The maximum atomic E-state index is 13.1. The second-order valence-electron chi connectivity index (χ2n) is 9.18. The zero-order valence-corrected chi connectivity index (χ0v) is 17.3. The molecule has 1 aromatic heterocycles. The Morgan fingerprint density at radius 2 is 2.03 bits per heavy atom. The highest BCUT2D eigenvalue weighted by Gasteiger charge is 2.56. The first kappa shape index (κ1) is 19.0. The van der Waals surface area contributed by atoms with E-state index in [1.165, 1.54) is 5.56 Å². The minimum atomic E-state index is -0.321. The van der Waals surface area contributed by atoms with Crippen molar-refractivity contribution in [3.63, 3.8) is 0 Å². The van der Waals surface area contributed by atoms with Gasteiger partial charge in [-0.25, -0.2) is 0 Å². The fraction of sp³-hybridized carbons (Fsp3) is 0.478. The van der Waals surface area contributed by atoms with Gasteiger partial charge in [0.05, 0.1) is 17.2 Å². The number of aliphatic hydroxyl groups excluding tert-OH is 1. The first-order valence-corrected chi connectivity index (χ1v) is 10.8. The summed E-state index contributed by atoms with van der Waals surface area (Å²) in [5.41, 5.74) is 1.71. The van der Waals surface area contributed by atoms with E-state index in [0.717, 1.165) is 37.6 Å². The molecule has 0 saturated carbocycles. The van der Waals surface area contributed by atoms with Gasteiger partial charge in [0.25, 0.3) is 5.91 Å². The standard InChI is InChI=1S/C23H26N4O4/c28-19-7-18-10-26(22(29)17-2-1-5-24-8-17)14-23(27(18)11-19)12-25(13-23)9-16-3-4-20-21(6-16)31-15-30-20/h1-6,8,18-19,28H,7,9-15H2/t18-,19+/m0/s1. The third-order valence-corrected chi connectivity index (χ3v) is 6.99. The van der Waals surface area contributed by atoms with Gasteiger partial charge in [0.1, 0.15) is 0 Å². The van der Waals surface area contributed by atoms with Gasteiger partial charge < -0.3 is 19.5 Å². The summed E-state index contributed by atoms with van der Waals surface area (Å²) in [6.45, 7) is 4.90. The van der Waals surface area contributed by atoms with Crippen LogP contribution in [0, 0.1) is 0 Å². The summed E-state index contributed by atoms with van der Waals surface area (Å²) in [5.74, 6) is 1.64. The average Bonchev–Trinajstić information content (AvgIpc) is 3.38. The largest absolute Gasteiger partial charge is 0.454 e. The smallest absolute Gasteiger partial charge is 0.255 e. The minimum Gasteiger partial charge on any atom is -0.454 e. The molecule has 5 heterocycles. The fourth-order valence-corrected chi connectivity index (χ4v) is 5.71. The monoisotopic (exact) mass is 422 g/mol. The molecular formula is C23H26N4O4. The molecular weight excluding hydrogens is 396 g/mol. The third-order valence-electron chi connectivity index (χ3n) is 6.99. The molecule has 3 fully saturated rings. The average molecular weight is 422 g/mol. The van der Waals surface area contributed by atoms with Crippen molar-refractivity contribution in [3.8, 4) is 11.5 Å². The number of β-amino-alcohol motifs (C(OH)–C–C–N with tert-alkyl or cyclic N) is 1. The van der Waals surface area contributed by atoms with Gasteiger partial charge in [-0.1, -0.05) is 6.07 Å². The molecule has 31 heavy (non-hydrogen) atoms. The zero-order valence-electron chi connectivity index (χ0n) is 17.3. The molecule has 8 heteroatoms. The number of aliphatic hydroxyl groups is 1. The quantitative estimate of drug-likeness (QED) is 0.789. The second-order valence-corrected chi connectivity index (χ2v) is 9.18. The number of aromatic nitrogens is 1. The number of hydrogen-bond acceptors (Lipinski definition) is 7. The lowest BCUT2D eigenvalue weighted by Crippen LogP contribution is -2.78. The van der Waals surface area contributed by atoms with Gasteiger partial charge in [-0.05, 0) is 36.2 Å². The van der Waals surface area contributed by atoms with Crippen LogP contribution in [0.1, 0.15) is 22.3 Å². The van der Waals surface area contributed by atoms with Crippen LogP contribution in [0.5, 0.6) is 11.5 Å². The molecule has 1 amide bonds. The lowest BCUT2D eigenvalue weighted by molar-refractivity contribution is -0.108. The summed E-state index contributed by atoms with van der Waals surface area (Å²) in [4.78, 5) is 24.1. The SMILES string of the molecule is O=C(c1cccnc1)N1C[C@@H]2C[C@@H](O)CN2C2(CN(Cc3ccc4c(c3)OCO4)C2)C1. The van der Waals surface area contributed by atoms with E-state index < -0.39 is 0 Å². The zero-order chi connectivity index (χ0) is 21.0. The Morgan fingerprint density at radius 3 is 2.87 bits per heavy atom. The molecule has 0 unspecified atom stereocenters. The molecule has 8 nitrogen and oxygen atoms in total. The van der Waals surface area contributed by atoms with Crippen LogP contribution in [0.2, 0.25) is 0 Å². The van der Waals surface area contributed by atoms with Crippen molar-refractivity contribution < 1.29 is 19.4 Å². The van der Waals surface area contributed by atoms with Crippen molar-refractivity contribution in [1.29, 1.82) is 0 Å². The Labute approximate surface area is 181 Å². The molecule has 4 aliphatic heterocycles. The number of pyridine rings is 1. The Balaban J connectivity index is 1.19. The lowest BCUT2D eigenvalue weighted by atomic mass is 9.83. The number of benzene rings is 1. The molecule has 1 spiro atoms. The van der Waals surface area contributed by atoms with Gasteiger partial charge in [-0.2, -0.15) is 0 Å². The number of likely N-dealkylation sites (tertiary alicyclic amines) is 1. The number of carbonyl (C=O) groups excluding carboxylic acids is 1. The van der Waals surface area contributed by atoms with E-state index in [2.05, 4.69) is 26.9 Å². The number of piperazine rings is 1. The minimum absolute atomic E-state index is 0.0303. The normalized spacial score (nSPS) is 26.7. The number of hydrogen-bond donors (Lipinski definition) is 1. The second kappa shape index (κ2) is 7.19. The summed E-state index contributed by atoms with van der Waals surface area (Å²) in [5, 5.41) is 10.3. The maximum absolute atomic E-state index is 13.1. The van der Waals surface area contributed by atoms with Gasteiger partial charge in [0, 0.05) is 57.7 Å². The molecule has 162 valence electrons. The Bertz CT molecular complexity index is 994. The first-order valence-electron chi connectivity index (χ1n) is 10.8. The molecule has 0 aliphatic carbocycles. The summed E-state index contributed by atoms with van der Waals surface area (Å²) in [6, 6.07) is 9.93. The lowest BCUT2D eigenvalue weighted by Gasteiger charge is -2.61. The van der Waals surface area contributed by atoms with E-state index in [0.29, 0.717) is 25.2 Å². The van der Waals surface area contributed by atoms with E-state index in [1.54, 1.807) is 18.5 Å². The van der Waals surface area contributed by atoms with E-state index in [9.17, 15) is 9.90 Å². The predicted octanol–water partition coefficient (Wildman–Crippen LogP) is 0.956. The summed E-state index contributed by atoms with van der Waals surface area (Å²) >= 11 is 0. The fourth-order valence-electron chi connectivity index (χ4n) is 5.71. The molecule has 1 N–H and O–H groups in total. The van der Waals surface area contributed by atoms with E-state index in [4.69, 9.17) is 9.47 Å². The van der Waals surface area contributed by atoms with Gasteiger partial charge in [-0.15, -0.1) is 0 Å². The molecule has 6 rings (SSSR count). The first-order chi connectivity index (χ1) is 15.1. The molecule has 2 atom stereocenters. The number of ether oxygens (including phenoxy) is 2. The van der Waals surface area contributed by atoms with Crippen molar-refractivity contribution in [3.05, 3.63) is 53.9 Å². The number of amides is 1. The van der Waals surface area contributed by atoms with Crippen LogP contribution in [0.4, 0.5) is 0 Å². The highest BCUT2D eigenvalue weighted by molar-refractivity contribution is 5.94.